The van der Waals surface area contributed by atoms with Gasteiger partial charge in [0.25, 0.3) is 0 Å². The fourth-order valence-corrected chi connectivity index (χ4v) is 3.41. The van der Waals surface area contributed by atoms with Crippen LogP contribution in [0.1, 0.15) is 18.4 Å². The Morgan fingerprint density at radius 3 is 1.95 bits per heavy atom. The summed E-state index contributed by atoms with van der Waals surface area (Å²) < 4.78 is 0. The first-order valence-corrected chi connectivity index (χ1v) is 10.9. The average Bonchev–Trinajstić information content (AvgIpc) is 3.23. The zero-order valence-corrected chi connectivity index (χ0v) is 19.3. The van der Waals surface area contributed by atoms with Crippen molar-refractivity contribution in [1.82, 2.24) is 20.9 Å². The van der Waals surface area contributed by atoms with Gasteiger partial charge in [0.1, 0.15) is 18.1 Å². The SMILES string of the molecule is NC(Cc1c[nH]c2ccccc12)C(=O)NC(CO)C(=O)NC(CC(=O)O)C(=O)NC(CC(=O)O)C(=O)O. The number of aromatic nitrogens is 1. The summed E-state index contributed by atoms with van der Waals surface area (Å²) in [7, 11) is 0. The van der Waals surface area contributed by atoms with Crippen molar-refractivity contribution in [3.05, 3.63) is 36.0 Å². The van der Waals surface area contributed by atoms with E-state index in [1.807, 2.05) is 28.8 Å². The van der Waals surface area contributed by atoms with Gasteiger partial charge in [-0.25, -0.2) is 4.79 Å². The van der Waals surface area contributed by atoms with Crippen molar-refractivity contribution in [2.75, 3.05) is 6.61 Å². The summed E-state index contributed by atoms with van der Waals surface area (Å²) >= 11 is 0. The van der Waals surface area contributed by atoms with Gasteiger partial charge in [-0.1, -0.05) is 18.2 Å². The van der Waals surface area contributed by atoms with Crippen LogP contribution in [-0.4, -0.2) is 91.8 Å². The Kier molecular flexibility index (Phi) is 10.1. The molecule has 0 bridgehead atoms. The summed E-state index contributed by atoms with van der Waals surface area (Å²) in [6.45, 7) is -0.935. The van der Waals surface area contributed by atoms with Crippen molar-refractivity contribution in [2.24, 2.45) is 5.73 Å². The van der Waals surface area contributed by atoms with E-state index in [0.717, 1.165) is 16.5 Å². The number of nitrogens with one attached hydrogen (secondary N) is 4. The summed E-state index contributed by atoms with van der Waals surface area (Å²) in [6.07, 6.45) is -0.237. The quantitative estimate of drug-likeness (QED) is 0.126. The lowest BCUT2D eigenvalue weighted by molar-refractivity contribution is -0.148. The third kappa shape index (κ3) is 8.29. The van der Waals surface area contributed by atoms with Gasteiger partial charge in [-0.15, -0.1) is 0 Å². The van der Waals surface area contributed by atoms with E-state index in [0.29, 0.717) is 0 Å². The summed E-state index contributed by atoms with van der Waals surface area (Å²) in [5, 5.41) is 43.4. The van der Waals surface area contributed by atoms with Crippen LogP contribution in [0.5, 0.6) is 0 Å². The highest BCUT2D eigenvalue weighted by molar-refractivity contribution is 5.96. The molecular weight excluding hydrogens is 494 g/mol. The number of H-pyrrole nitrogens is 1. The molecule has 1 heterocycles. The Bertz CT molecular complexity index is 1180. The zero-order valence-electron chi connectivity index (χ0n) is 19.3. The monoisotopic (exact) mass is 521 g/mol. The number of para-hydroxylation sites is 1. The minimum Gasteiger partial charge on any atom is -0.481 e. The molecule has 4 atom stereocenters. The van der Waals surface area contributed by atoms with E-state index in [1.54, 1.807) is 12.3 Å². The molecule has 4 unspecified atom stereocenters. The van der Waals surface area contributed by atoms with Crippen molar-refractivity contribution < 1.29 is 49.2 Å². The first-order valence-electron chi connectivity index (χ1n) is 10.9. The summed E-state index contributed by atoms with van der Waals surface area (Å²) in [5.74, 6) is -8.04. The molecule has 200 valence electrons. The Balaban J connectivity index is 2.05. The van der Waals surface area contributed by atoms with Gasteiger partial charge in [-0.05, 0) is 18.1 Å². The lowest BCUT2D eigenvalue weighted by atomic mass is 10.0. The second-order valence-corrected chi connectivity index (χ2v) is 8.07. The van der Waals surface area contributed by atoms with Crippen LogP contribution in [0.25, 0.3) is 10.9 Å². The van der Waals surface area contributed by atoms with Gasteiger partial charge in [0, 0.05) is 17.1 Å². The van der Waals surface area contributed by atoms with Gasteiger partial charge in [0.2, 0.25) is 17.7 Å². The van der Waals surface area contributed by atoms with Crippen LogP contribution in [0.3, 0.4) is 0 Å². The van der Waals surface area contributed by atoms with E-state index in [-0.39, 0.29) is 6.42 Å². The van der Waals surface area contributed by atoms with Crippen LogP contribution in [0.15, 0.2) is 30.5 Å². The summed E-state index contributed by atoms with van der Waals surface area (Å²) in [5.41, 5.74) is 7.52. The normalized spacial score (nSPS) is 14.1. The van der Waals surface area contributed by atoms with Crippen LogP contribution in [0.4, 0.5) is 0 Å². The van der Waals surface area contributed by atoms with E-state index in [2.05, 4.69) is 10.3 Å². The minimum absolute atomic E-state index is 0.0831. The molecule has 0 aliphatic carbocycles. The maximum Gasteiger partial charge on any atom is 0.326 e. The Morgan fingerprint density at radius 1 is 0.811 bits per heavy atom. The Hall–Kier alpha value is -4.50. The largest absolute Gasteiger partial charge is 0.481 e. The first kappa shape index (κ1) is 28.7. The van der Waals surface area contributed by atoms with Crippen LogP contribution < -0.4 is 21.7 Å². The number of hydrogen-bond donors (Lipinski definition) is 9. The molecular formula is C22H27N5O10. The Morgan fingerprint density at radius 2 is 1.35 bits per heavy atom. The van der Waals surface area contributed by atoms with Crippen molar-refractivity contribution >= 4 is 46.5 Å². The van der Waals surface area contributed by atoms with E-state index in [4.69, 9.17) is 21.1 Å². The highest BCUT2D eigenvalue weighted by atomic mass is 16.4. The Labute approximate surface area is 209 Å². The fraction of sp³-hybridized carbons (Fsp3) is 0.364. The van der Waals surface area contributed by atoms with Gasteiger partial charge < -0.3 is 47.1 Å². The highest BCUT2D eigenvalue weighted by Gasteiger charge is 2.32. The first-order chi connectivity index (χ1) is 17.4. The lowest BCUT2D eigenvalue weighted by Crippen LogP contribution is -2.58. The second kappa shape index (κ2) is 13.0. The number of nitrogens with two attached hydrogens (primary N) is 1. The molecule has 0 aliphatic heterocycles. The smallest absolute Gasteiger partial charge is 0.326 e. The second-order valence-electron chi connectivity index (χ2n) is 8.07. The predicted molar refractivity (Wildman–Crippen MR) is 125 cm³/mol. The number of aliphatic hydroxyl groups excluding tert-OH is 1. The van der Waals surface area contributed by atoms with E-state index >= 15 is 0 Å². The number of fused-ring (bicyclic) bond motifs is 1. The lowest BCUT2D eigenvalue weighted by Gasteiger charge is -2.23. The number of aromatic amines is 1. The van der Waals surface area contributed by atoms with Crippen LogP contribution in [0.2, 0.25) is 0 Å². The number of amides is 3. The molecule has 1 aromatic heterocycles. The fourth-order valence-electron chi connectivity index (χ4n) is 3.41. The molecule has 0 aliphatic rings. The van der Waals surface area contributed by atoms with Gasteiger partial charge in [0.05, 0.1) is 25.5 Å². The number of carbonyl (C=O) groups excluding carboxylic acids is 3. The van der Waals surface area contributed by atoms with Crippen molar-refractivity contribution in [2.45, 2.75) is 43.4 Å². The minimum atomic E-state index is -1.89. The third-order valence-corrected chi connectivity index (χ3v) is 5.27. The standard InChI is InChI=1S/C22H27N5O10/c23-12(5-10-8-24-13-4-2-1-3-11(10)13)19(33)27-16(9-28)21(35)25-14(6-17(29)30)20(34)26-15(22(36)37)7-18(31)32/h1-4,8,12,14-16,24,28H,5-7,9,23H2,(H,25,35)(H,26,34)(H,27,33)(H,29,30)(H,31,32)(H,36,37). The summed E-state index contributed by atoms with van der Waals surface area (Å²) in [6, 6.07) is 0.800. The molecule has 3 amide bonds. The molecule has 0 spiro atoms. The number of aliphatic hydroxyl groups is 1. The summed E-state index contributed by atoms with van der Waals surface area (Å²) in [4.78, 5) is 73.8. The van der Waals surface area contributed by atoms with Gasteiger partial charge in [0.15, 0.2) is 0 Å². The zero-order chi connectivity index (χ0) is 27.7. The van der Waals surface area contributed by atoms with E-state index in [9.17, 15) is 33.9 Å². The number of carboxylic acid groups (broad SMARTS) is 3. The number of carboxylic acids is 3. The number of carbonyl (C=O) groups is 6. The molecule has 10 N–H and O–H groups in total. The van der Waals surface area contributed by atoms with Crippen LogP contribution in [0, 0.1) is 0 Å². The molecule has 15 heteroatoms. The van der Waals surface area contributed by atoms with Crippen LogP contribution >= 0.6 is 0 Å². The molecule has 2 rings (SSSR count). The number of benzene rings is 1. The van der Waals surface area contributed by atoms with Crippen molar-refractivity contribution in [1.29, 1.82) is 0 Å². The molecule has 0 radical (unpaired) electrons. The van der Waals surface area contributed by atoms with Crippen LogP contribution in [-0.2, 0) is 35.2 Å². The highest BCUT2D eigenvalue weighted by Crippen LogP contribution is 2.18. The molecule has 0 saturated heterocycles. The van der Waals surface area contributed by atoms with Crippen molar-refractivity contribution in [3.63, 3.8) is 0 Å². The molecule has 15 nitrogen and oxygen atoms in total. The van der Waals surface area contributed by atoms with Gasteiger partial charge in [-0.3, -0.25) is 24.0 Å². The molecule has 37 heavy (non-hydrogen) atoms. The topological polar surface area (TPSA) is 261 Å². The maximum atomic E-state index is 12.6. The third-order valence-electron chi connectivity index (χ3n) is 5.27. The maximum absolute atomic E-state index is 12.6. The van der Waals surface area contributed by atoms with Gasteiger partial charge >= 0.3 is 17.9 Å². The molecule has 0 saturated carbocycles. The van der Waals surface area contributed by atoms with Gasteiger partial charge in [-0.2, -0.15) is 0 Å². The number of rotatable bonds is 14. The van der Waals surface area contributed by atoms with Crippen molar-refractivity contribution in [3.8, 4) is 0 Å². The van der Waals surface area contributed by atoms with E-state index in [1.165, 1.54) is 0 Å². The molecule has 2 aromatic rings. The average molecular weight is 521 g/mol. The number of aliphatic carboxylic acids is 3. The number of hydrogen-bond acceptors (Lipinski definition) is 8. The molecule has 0 fully saturated rings. The molecule has 1 aromatic carbocycles. The van der Waals surface area contributed by atoms with E-state index < -0.39 is 79.2 Å². The predicted octanol–water partition coefficient (Wildman–Crippen LogP) is -2.48.